The zero-order chi connectivity index (χ0) is 16.3. The standard InChI is InChI=1S/C17H11N5O/c18-9-13-1-5-15(6-2-13)17(23,22-12-20-11-21-22)16-7-3-14(10-19)4-8-16/h1-8,11-12,23H. The molecule has 23 heavy (non-hydrogen) atoms. The molecule has 3 aromatic rings. The van der Waals surface area contributed by atoms with Gasteiger partial charge in [0, 0.05) is 11.1 Å². The Kier molecular flexibility index (Phi) is 3.60. The maximum atomic E-state index is 11.3. The van der Waals surface area contributed by atoms with E-state index in [1.54, 1.807) is 48.5 Å². The maximum Gasteiger partial charge on any atom is 0.212 e. The first-order valence-electron chi connectivity index (χ1n) is 6.77. The van der Waals surface area contributed by atoms with Gasteiger partial charge in [-0.1, -0.05) is 24.3 Å². The fraction of sp³-hybridized carbons (Fsp3) is 0.0588. The number of benzene rings is 2. The van der Waals surface area contributed by atoms with E-state index in [-0.39, 0.29) is 0 Å². The van der Waals surface area contributed by atoms with Gasteiger partial charge < -0.3 is 5.11 Å². The number of rotatable bonds is 3. The third-order valence-corrected chi connectivity index (χ3v) is 3.58. The molecule has 1 N–H and O–H groups in total. The Morgan fingerprint density at radius 3 is 1.70 bits per heavy atom. The van der Waals surface area contributed by atoms with Gasteiger partial charge in [-0.2, -0.15) is 15.6 Å². The summed E-state index contributed by atoms with van der Waals surface area (Å²) >= 11 is 0. The molecule has 6 heteroatoms. The van der Waals surface area contributed by atoms with Gasteiger partial charge in [-0.3, -0.25) is 0 Å². The SMILES string of the molecule is N#Cc1ccc(C(O)(c2ccc(C#N)cc2)n2cncn2)cc1. The fourth-order valence-corrected chi connectivity index (χ4v) is 2.36. The Morgan fingerprint density at radius 2 is 1.35 bits per heavy atom. The highest BCUT2D eigenvalue weighted by molar-refractivity contribution is 5.42. The van der Waals surface area contributed by atoms with Crippen LogP contribution in [0.25, 0.3) is 0 Å². The average Bonchev–Trinajstić information content (AvgIpc) is 3.16. The van der Waals surface area contributed by atoms with E-state index in [1.807, 2.05) is 12.1 Å². The Labute approximate surface area is 132 Å². The quantitative estimate of drug-likeness (QED) is 0.794. The molecule has 0 fully saturated rings. The van der Waals surface area contributed by atoms with Gasteiger partial charge in [-0.15, -0.1) is 0 Å². The summed E-state index contributed by atoms with van der Waals surface area (Å²) in [6, 6.07) is 17.2. The van der Waals surface area contributed by atoms with Crippen LogP contribution in [0.4, 0.5) is 0 Å². The number of nitrogens with zero attached hydrogens (tertiary/aromatic N) is 5. The van der Waals surface area contributed by atoms with Crippen molar-refractivity contribution in [2.75, 3.05) is 0 Å². The summed E-state index contributed by atoms with van der Waals surface area (Å²) in [7, 11) is 0. The molecule has 0 atom stereocenters. The lowest BCUT2D eigenvalue weighted by molar-refractivity contribution is 0.0354. The smallest absolute Gasteiger partial charge is 0.212 e. The molecule has 0 saturated heterocycles. The van der Waals surface area contributed by atoms with Crippen molar-refractivity contribution in [1.82, 2.24) is 14.8 Å². The average molecular weight is 301 g/mol. The molecule has 0 bridgehead atoms. The zero-order valence-electron chi connectivity index (χ0n) is 12.0. The van der Waals surface area contributed by atoms with Gasteiger partial charge in [0.05, 0.1) is 23.3 Å². The van der Waals surface area contributed by atoms with Crippen molar-refractivity contribution in [2.24, 2.45) is 0 Å². The highest BCUT2D eigenvalue weighted by Gasteiger charge is 2.34. The van der Waals surface area contributed by atoms with Crippen LogP contribution in [-0.2, 0) is 5.72 Å². The van der Waals surface area contributed by atoms with Crippen molar-refractivity contribution in [3.8, 4) is 12.1 Å². The Hall–Kier alpha value is -3.48. The van der Waals surface area contributed by atoms with Crippen molar-refractivity contribution in [3.05, 3.63) is 83.4 Å². The van der Waals surface area contributed by atoms with E-state index in [0.717, 1.165) is 0 Å². The van der Waals surface area contributed by atoms with Crippen LogP contribution in [0, 0.1) is 22.7 Å². The zero-order valence-corrected chi connectivity index (χ0v) is 12.0. The van der Waals surface area contributed by atoms with Crippen molar-refractivity contribution in [3.63, 3.8) is 0 Å². The van der Waals surface area contributed by atoms with Gasteiger partial charge in [-0.05, 0) is 24.3 Å². The van der Waals surface area contributed by atoms with Crippen molar-refractivity contribution in [1.29, 1.82) is 10.5 Å². The third-order valence-electron chi connectivity index (χ3n) is 3.58. The molecular weight excluding hydrogens is 290 g/mol. The molecular formula is C17H11N5O. The number of aromatic nitrogens is 3. The van der Waals surface area contributed by atoms with E-state index in [9.17, 15) is 5.11 Å². The van der Waals surface area contributed by atoms with Gasteiger partial charge in [0.1, 0.15) is 12.7 Å². The van der Waals surface area contributed by atoms with Gasteiger partial charge in [0.15, 0.2) is 0 Å². The number of nitriles is 2. The highest BCUT2D eigenvalue weighted by atomic mass is 16.3. The summed E-state index contributed by atoms with van der Waals surface area (Å²) in [6.45, 7) is 0. The van der Waals surface area contributed by atoms with Crippen LogP contribution in [0.2, 0.25) is 0 Å². The monoisotopic (exact) mass is 301 g/mol. The van der Waals surface area contributed by atoms with Crippen LogP contribution in [0.1, 0.15) is 22.3 Å². The summed E-state index contributed by atoms with van der Waals surface area (Å²) in [5.74, 6) is 0. The molecule has 0 aliphatic rings. The molecule has 1 aromatic heterocycles. The molecule has 0 saturated carbocycles. The molecule has 0 spiro atoms. The van der Waals surface area contributed by atoms with Crippen LogP contribution >= 0.6 is 0 Å². The van der Waals surface area contributed by atoms with Crippen LogP contribution in [0.3, 0.4) is 0 Å². The largest absolute Gasteiger partial charge is 0.362 e. The van der Waals surface area contributed by atoms with E-state index in [1.165, 1.54) is 17.3 Å². The van der Waals surface area contributed by atoms with Crippen molar-refractivity contribution < 1.29 is 5.11 Å². The second-order valence-electron chi connectivity index (χ2n) is 4.89. The van der Waals surface area contributed by atoms with Gasteiger partial charge >= 0.3 is 0 Å². The minimum Gasteiger partial charge on any atom is -0.362 e. The third kappa shape index (κ3) is 2.44. The molecule has 2 aromatic carbocycles. The summed E-state index contributed by atoms with van der Waals surface area (Å²) < 4.78 is 1.33. The topological polar surface area (TPSA) is 98.5 Å². The second kappa shape index (κ2) is 5.72. The molecule has 0 aliphatic heterocycles. The van der Waals surface area contributed by atoms with E-state index in [0.29, 0.717) is 22.3 Å². The first-order chi connectivity index (χ1) is 11.2. The minimum absolute atomic E-state index is 0.495. The number of hydrogen-bond acceptors (Lipinski definition) is 5. The molecule has 1 heterocycles. The molecule has 0 unspecified atom stereocenters. The maximum absolute atomic E-state index is 11.3. The number of aliphatic hydroxyl groups is 1. The fourth-order valence-electron chi connectivity index (χ4n) is 2.36. The van der Waals surface area contributed by atoms with Crippen LogP contribution < -0.4 is 0 Å². The van der Waals surface area contributed by atoms with Crippen LogP contribution in [-0.4, -0.2) is 19.9 Å². The highest BCUT2D eigenvalue weighted by Crippen LogP contribution is 2.31. The molecule has 110 valence electrons. The molecule has 0 radical (unpaired) electrons. The Balaban J connectivity index is 2.18. The first-order valence-corrected chi connectivity index (χ1v) is 6.77. The number of hydrogen-bond donors (Lipinski definition) is 1. The van der Waals surface area contributed by atoms with Crippen LogP contribution in [0.5, 0.6) is 0 Å². The lowest BCUT2D eigenvalue weighted by atomic mass is 9.93. The summed E-state index contributed by atoms with van der Waals surface area (Å²) in [5.41, 5.74) is 0.473. The lowest BCUT2D eigenvalue weighted by Crippen LogP contribution is -2.36. The molecule has 0 aliphatic carbocycles. The van der Waals surface area contributed by atoms with Crippen molar-refractivity contribution >= 4 is 0 Å². The Bertz CT molecular complexity index is 827. The van der Waals surface area contributed by atoms with Gasteiger partial charge in [-0.25, -0.2) is 9.67 Å². The lowest BCUT2D eigenvalue weighted by Gasteiger charge is -2.29. The minimum atomic E-state index is -1.58. The predicted octanol–water partition coefficient (Wildman–Crippen LogP) is 1.76. The molecule has 6 nitrogen and oxygen atoms in total. The normalized spacial score (nSPS) is 10.7. The second-order valence-corrected chi connectivity index (χ2v) is 4.89. The summed E-state index contributed by atoms with van der Waals surface area (Å²) in [4.78, 5) is 3.89. The van der Waals surface area contributed by atoms with Gasteiger partial charge in [0.25, 0.3) is 0 Å². The first kappa shape index (κ1) is 14.5. The van der Waals surface area contributed by atoms with E-state index >= 15 is 0 Å². The van der Waals surface area contributed by atoms with Gasteiger partial charge in [0.2, 0.25) is 5.72 Å². The molecule has 3 rings (SSSR count). The van der Waals surface area contributed by atoms with E-state index in [4.69, 9.17) is 10.5 Å². The summed E-state index contributed by atoms with van der Waals surface area (Å²) in [6.07, 6.45) is 2.74. The molecule has 0 amide bonds. The van der Waals surface area contributed by atoms with Crippen LogP contribution in [0.15, 0.2) is 61.2 Å². The van der Waals surface area contributed by atoms with E-state index < -0.39 is 5.72 Å². The Morgan fingerprint density at radius 1 is 0.870 bits per heavy atom. The summed E-state index contributed by atoms with van der Waals surface area (Å²) in [5, 5.41) is 33.2. The van der Waals surface area contributed by atoms with Crippen molar-refractivity contribution in [2.45, 2.75) is 5.72 Å². The predicted molar refractivity (Wildman–Crippen MR) is 80.7 cm³/mol. The van der Waals surface area contributed by atoms with E-state index in [2.05, 4.69) is 10.1 Å².